The number of rotatable bonds is 6. The van der Waals surface area contributed by atoms with Gasteiger partial charge in [-0.25, -0.2) is 0 Å². The van der Waals surface area contributed by atoms with Gasteiger partial charge in [-0.05, 0) is 45.3 Å². The van der Waals surface area contributed by atoms with Crippen molar-refractivity contribution in [3.8, 4) is 0 Å². The van der Waals surface area contributed by atoms with Gasteiger partial charge in [-0.15, -0.1) is 0 Å². The SMILES string of the molecule is CC(C)OCCCNC(=S)N1CCN(C2CCCCC2)CC1. The molecule has 0 spiro atoms. The van der Waals surface area contributed by atoms with Crippen LogP contribution in [0.3, 0.4) is 0 Å². The van der Waals surface area contributed by atoms with Crippen molar-refractivity contribution < 1.29 is 4.74 Å². The zero-order chi connectivity index (χ0) is 15.8. The van der Waals surface area contributed by atoms with Crippen LogP contribution in [-0.2, 0) is 4.74 Å². The Morgan fingerprint density at radius 3 is 2.45 bits per heavy atom. The van der Waals surface area contributed by atoms with Gasteiger partial charge < -0.3 is 15.0 Å². The van der Waals surface area contributed by atoms with Crippen LogP contribution in [0.5, 0.6) is 0 Å². The second kappa shape index (κ2) is 9.68. The number of nitrogens with zero attached hydrogens (tertiary/aromatic N) is 2. The lowest BCUT2D eigenvalue weighted by atomic mass is 9.94. The molecule has 128 valence electrons. The van der Waals surface area contributed by atoms with Crippen molar-refractivity contribution in [1.82, 2.24) is 15.1 Å². The van der Waals surface area contributed by atoms with E-state index in [4.69, 9.17) is 17.0 Å². The Morgan fingerprint density at radius 1 is 1.14 bits per heavy atom. The predicted molar refractivity (Wildman–Crippen MR) is 96.3 cm³/mol. The molecular formula is C17H33N3OS. The number of nitrogens with one attached hydrogen (secondary N) is 1. The Labute approximate surface area is 141 Å². The molecule has 22 heavy (non-hydrogen) atoms. The highest BCUT2D eigenvalue weighted by atomic mass is 32.1. The fourth-order valence-electron chi connectivity index (χ4n) is 3.43. The van der Waals surface area contributed by atoms with Gasteiger partial charge in [-0.1, -0.05) is 19.3 Å². The van der Waals surface area contributed by atoms with E-state index >= 15 is 0 Å². The zero-order valence-corrected chi connectivity index (χ0v) is 15.2. The Hall–Kier alpha value is -0.390. The molecule has 0 atom stereocenters. The lowest BCUT2D eigenvalue weighted by Gasteiger charge is -2.41. The van der Waals surface area contributed by atoms with Gasteiger partial charge in [0.15, 0.2) is 5.11 Å². The van der Waals surface area contributed by atoms with Crippen molar-refractivity contribution in [2.75, 3.05) is 39.3 Å². The summed E-state index contributed by atoms with van der Waals surface area (Å²) in [5.74, 6) is 0. The van der Waals surface area contributed by atoms with Crippen LogP contribution in [-0.4, -0.2) is 66.4 Å². The molecule has 1 saturated heterocycles. The van der Waals surface area contributed by atoms with E-state index in [-0.39, 0.29) is 0 Å². The summed E-state index contributed by atoms with van der Waals surface area (Å²) < 4.78 is 5.55. The summed E-state index contributed by atoms with van der Waals surface area (Å²) in [4.78, 5) is 5.02. The van der Waals surface area contributed by atoms with E-state index < -0.39 is 0 Å². The molecule has 1 saturated carbocycles. The smallest absolute Gasteiger partial charge is 0.169 e. The van der Waals surface area contributed by atoms with E-state index in [1.807, 2.05) is 0 Å². The van der Waals surface area contributed by atoms with E-state index in [0.29, 0.717) is 6.10 Å². The monoisotopic (exact) mass is 327 g/mol. The minimum atomic E-state index is 0.319. The van der Waals surface area contributed by atoms with Gasteiger partial charge in [0.2, 0.25) is 0 Å². The highest BCUT2D eigenvalue weighted by Crippen LogP contribution is 2.23. The molecular weight excluding hydrogens is 294 g/mol. The normalized spacial score (nSPS) is 21.3. The minimum Gasteiger partial charge on any atom is -0.379 e. The van der Waals surface area contributed by atoms with Crippen molar-refractivity contribution >= 4 is 17.3 Å². The van der Waals surface area contributed by atoms with Gasteiger partial charge in [0.25, 0.3) is 0 Å². The summed E-state index contributed by atoms with van der Waals surface area (Å²) in [6.07, 6.45) is 8.41. The summed E-state index contributed by atoms with van der Waals surface area (Å²) in [5.41, 5.74) is 0. The molecule has 0 radical (unpaired) electrons. The number of hydrogen-bond acceptors (Lipinski definition) is 3. The summed E-state index contributed by atoms with van der Waals surface area (Å²) >= 11 is 5.53. The molecule has 2 aliphatic rings. The first-order valence-electron chi connectivity index (χ1n) is 9.05. The van der Waals surface area contributed by atoms with Gasteiger partial charge in [0.1, 0.15) is 0 Å². The summed E-state index contributed by atoms with van der Waals surface area (Å²) in [7, 11) is 0. The molecule has 0 aromatic rings. The molecule has 5 heteroatoms. The van der Waals surface area contributed by atoms with Crippen LogP contribution in [0.25, 0.3) is 0 Å². The van der Waals surface area contributed by atoms with E-state index in [2.05, 4.69) is 29.0 Å². The molecule has 1 aliphatic carbocycles. The molecule has 2 fully saturated rings. The first kappa shape index (κ1) is 18.0. The molecule has 0 amide bonds. The van der Waals surface area contributed by atoms with Gasteiger partial charge in [-0.2, -0.15) is 0 Å². The van der Waals surface area contributed by atoms with Crippen LogP contribution >= 0.6 is 12.2 Å². The molecule has 0 unspecified atom stereocenters. The average molecular weight is 328 g/mol. The van der Waals surface area contributed by atoms with E-state index in [1.54, 1.807) is 0 Å². The first-order chi connectivity index (χ1) is 10.7. The number of piperazine rings is 1. The molecule has 0 aromatic heterocycles. The maximum atomic E-state index is 5.55. The Bertz CT molecular complexity index is 324. The van der Waals surface area contributed by atoms with Crippen LogP contribution in [0, 0.1) is 0 Å². The Morgan fingerprint density at radius 2 is 1.82 bits per heavy atom. The van der Waals surface area contributed by atoms with Gasteiger partial charge in [-0.3, -0.25) is 4.90 Å². The number of hydrogen-bond donors (Lipinski definition) is 1. The molecule has 2 rings (SSSR count). The maximum Gasteiger partial charge on any atom is 0.169 e. The summed E-state index contributed by atoms with van der Waals surface area (Å²) in [6, 6.07) is 0.839. The second-order valence-electron chi connectivity index (χ2n) is 6.82. The Balaban J connectivity index is 1.58. The number of thiocarbonyl (C=S) groups is 1. The second-order valence-corrected chi connectivity index (χ2v) is 7.21. The van der Waals surface area contributed by atoms with Gasteiger partial charge in [0.05, 0.1) is 6.10 Å². The quantitative estimate of drug-likeness (QED) is 0.598. The third kappa shape index (κ3) is 6.01. The van der Waals surface area contributed by atoms with E-state index in [0.717, 1.165) is 43.8 Å². The largest absolute Gasteiger partial charge is 0.379 e. The average Bonchev–Trinajstić information content (AvgIpc) is 2.55. The van der Waals surface area contributed by atoms with Crippen LogP contribution in [0.1, 0.15) is 52.4 Å². The van der Waals surface area contributed by atoms with Crippen molar-refractivity contribution in [1.29, 1.82) is 0 Å². The number of ether oxygens (including phenoxy) is 1. The van der Waals surface area contributed by atoms with Crippen molar-refractivity contribution in [3.63, 3.8) is 0 Å². The van der Waals surface area contributed by atoms with Gasteiger partial charge in [0, 0.05) is 45.4 Å². The molecule has 0 bridgehead atoms. The third-order valence-corrected chi connectivity index (χ3v) is 5.14. The fourth-order valence-corrected chi connectivity index (χ4v) is 3.72. The zero-order valence-electron chi connectivity index (χ0n) is 14.4. The lowest BCUT2D eigenvalue weighted by Crippen LogP contribution is -2.54. The highest BCUT2D eigenvalue weighted by molar-refractivity contribution is 7.80. The van der Waals surface area contributed by atoms with Crippen molar-refractivity contribution in [2.24, 2.45) is 0 Å². The summed E-state index contributed by atoms with van der Waals surface area (Å²) in [5, 5.41) is 4.30. The predicted octanol–water partition coefficient (Wildman–Crippen LogP) is 2.63. The summed E-state index contributed by atoms with van der Waals surface area (Å²) in [6.45, 7) is 10.4. The maximum absolute atomic E-state index is 5.55. The van der Waals surface area contributed by atoms with Crippen LogP contribution < -0.4 is 5.32 Å². The van der Waals surface area contributed by atoms with Gasteiger partial charge >= 0.3 is 0 Å². The molecule has 0 aromatic carbocycles. The fraction of sp³-hybridized carbons (Fsp3) is 0.941. The van der Waals surface area contributed by atoms with Crippen LogP contribution in [0.15, 0.2) is 0 Å². The molecule has 1 N–H and O–H groups in total. The molecule has 4 nitrogen and oxygen atoms in total. The highest BCUT2D eigenvalue weighted by Gasteiger charge is 2.25. The molecule has 1 aliphatic heterocycles. The van der Waals surface area contributed by atoms with E-state index in [1.165, 1.54) is 45.2 Å². The van der Waals surface area contributed by atoms with Crippen LogP contribution in [0.2, 0.25) is 0 Å². The topological polar surface area (TPSA) is 27.7 Å². The Kier molecular flexibility index (Phi) is 7.90. The van der Waals surface area contributed by atoms with E-state index in [9.17, 15) is 0 Å². The van der Waals surface area contributed by atoms with Crippen LogP contribution in [0.4, 0.5) is 0 Å². The van der Waals surface area contributed by atoms with Crippen molar-refractivity contribution in [2.45, 2.75) is 64.5 Å². The third-order valence-electron chi connectivity index (χ3n) is 4.74. The first-order valence-corrected chi connectivity index (χ1v) is 9.46. The van der Waals surface area contributed by atoms with Crippen molar-refractivity contribution in [3.05, 3.63) is 0 Å². The standard InChI is InChI=1S/C17H33N3OS/c1-15(2)21-14-6-9-18-17(22)20-12-10-19(11-13-20)16-7-4-3-5-8-16/h15-16H,3-14H2,1-2H3,(H,18,22). The minimum absolute atomic E-state index is 0.319. The lowest BCUT2D eigenvalue weighted by molar-refractivity contribution is 0.0774. The molecule has 1 heterocycles.